The van der Waals surface area contributed by atoms with Crippen molar-refractivity contribution in [2.75, 3.05) is 13.2 Å². The third-order valence-electron chi connectivity index (χ3n) is 1.53. The van der Waals surface area contributed by atoms with E-state index in [1.54, 1.807) is 0 Å². The fourth-order valence-corrected chi connectivity index (χ4v) is 0.835. The van der Waals surface area contributed by atoms with Crippen molar-refractivity contribution in [2.45, 2.75) is 0 Å². The minimum Gasteiger partial charge on any atom is -0.507 e. The molecule has 0 atom stereocenters. The maximum Gasteiger partial charge on any atom is 0.252 e. The van der Waals surface area contributed by atoms with E-state index in [9.17, 15) is 4.79 Å². The van der Waals surface area contributed by atoms with Crippen LogP contribution in [0.5, 0.6) is 5.75 Å². The van der Waals surface area contributed by atoms with Crippen molar-refractivity contribution < 1.29 is 15.0 Å². The van der Waals surface area contributed by atoms with E-state index in [-0.39, 0.29) is 23.6 Å². The monoisotopic (exact) mass is 239 g/mol. The summed E-state index contributed by atoms with van der Waals surface area (Å²) in [5, 5.41) is 20.1. The van der Waals surface area contributed by atoms with Gasteiger partial charge in [-0.3, -0.25) is 4.79 Å². The summed E-state index contributed by atoms with van der Waals surface area (Å²) in [6.07, 6.45) is 0. The second kappa shape index (κ2) is 7.94. The SMILES string of the molecule is NCCO.[N-]=[N+]=Nc1ccc(O)c(C(N)=O)c1. The number of primary amides is 1. The summed E-state index contributed by atoms with van der Waals surface area (Å²) >= 11 is 0. The van der Waals surface area contributed by atoms with Crippen LogP contribution in [0.3, 0.4) is 0 Å². The number of benzene rings is 1. The van der Waals surface area contributed by atoms with Crippen LogP contribution in [0.25, 0.3) is 10.4 Å². The zero-order chi connectivity index (χ0) is 13.3. The molecule has 1 rings (SSSR count). The Hall–Kier alpha value is -2.28. The van der Waals surface area contributed by atoms with E-state index in [1.165, 1.54) is 18.2 Å². The topological polar surface area (TPSA) is 158 Å². The number of nitrogens with zero attached hydrogens (tertiary/aromatic N) is 3. The molecule has 0 aliphatic rings. The molecular weight excluding hydrogens is 226 g/mol. The number of hydrogen-bond acceptors (Lipinski definition) is 5. The van der Waals surface area contributed by atoms with Crippen LogP contribution in [0, 0.1) is 0 Å². The number of rotatable bonds is 3. The molecule has 0 aliphatic heterocycles. The number of aliphatic hydroxyl groups excluding tert-OH is 1. The Balaban J connectivity index is 0.000000557. The van der Waals surface area contributed by atoms with Gasteiger partial charge in [0.15, 0.2) is 0 Å². The van der Waals surface area contributed by atoms with Crippen molar-refractivity contribution in [3.05, 3.63) is 34.2 Å². The van der Waals surface area contributed by atoms with E-state index >= 15 is 0 Å². The summed E-state index contributed by atoms with van der Waals surface area (Å²) in [5.41, 5.74) is 18.0. The molecule has 0 aliphatic carbocycles. The smallest absolute Gasteiger partial charge is 0.252 e. The van der Waals surface area contributed by atoms with E-state index in [1.807, 2.05) is 0 Å². The fourth-order valence-electron chi connectivity index (χ4n) is 0.835. The zero-order valence-corrected chi connectivity index (χ0v) is 8.95. The number of azide groups is 1. The van der Waals surface area contributed by atoms with Crippen LogP contribution < -0.4 is 11.5 Å². The van der Waals surface area contributed by atoms with Gasteiger partial charge in [0.2, 0.25) is 0 Å². The molecule has 0 unspecified atom stereocenters. The minimum atomic E-state index is -0.771. The largest absolute Gasteiger partial charge is 0.507 e. The number of hydrogen-bond donors (Lipinski definition) is 4. The van der Waals surface area contributed by atoms with Crippen LogP contribution in [0.2, 0.25) is 0 Å². The average Bonchev–Trinajstić information content (AvgIpc) is 2.32. The lowest BCUT2D eigenvalue weighted by atomic mass is 10.2. The molecule has 1 aromatic rings. The van der Waals surface area contributed by atoms with Gasteiger partial charge in [-0.25, -0.2) is 0 Å². The summed E-state index contributed by atoms with van der Waals surface area (Å²) in [5.74, 6) is -1.00. The molecule has 17 heavy (non-hydrogen) atoms. The summed E-state index contributed by atoms with van der Waals surface area (Å²) in [6, 6.07) is 3.84. The van der Waals surface area contributed by atoms with Gasteiger partial charge < -0.3 is 21.7 Å². The third kappa shape index (κ3) is 5.38. The third-order valence-corrected chi connectivity index (χ3v) is 1.53. The van der Waals surface area contributed by atoms with Gasteiger partial charge in [0.25, 0.3) is 5.91 Å². The summed E-state index contributed by atoms with van der Waals surface area (Å²) in [6.45, 7) is 0.472. The molecule has 0 saturated heterocycles. The van der Waals surface area contributed by atoms with Crippen LogP contribution in [0.15, 0.2) is 23.3 Å². The lowest BCUT2D eigenvalue weighted by Gasteiger charge is -1.99. The normalized spacial score (nSPS) is 8.59. The van der Waals surface area contributed by atoms with Crippen molar-refractivity contribution >= 4 is 11.6 Å². The molecule has 1 amide bonds. The summed E-state index contributed by atoms with van der Waals surface area (Å²) in [4.78, 5) is 13.2. The first kappa shape index (κ1) is 14.7. The molecule has 0 saturated carbocycles. The molecule has 1 aromatic carbocycles. The first-order valence-corrected chi connectivity index (χ1v) is 4.55. The molecule has 0 heterocycles. The van der Waals surface area contributed by atoms with Gasteiger partial charge in [0.1, 0.15) is 5.75 Å². The molecule has 8 heteroatoms. The Bertz CT molecular complexity index is 427. The second-order valence-corrected chi connectivity index (χ2v) is 2.77. The highest BCUT2D eigenvalue weighted by Crippen LogP contribution is 2.22. The van der Waals surface area contributed by atoms with Crippen molar-refractivity contribution in [3.63, 3.8) is 0 Å². The minimum absolute atomic E-state index is 0.0649. The van der Waals surface area contributed by atoms with Gasteiger partial charge in [-0.2, -0.15) is 0 Å². The lowest BCUT2D eigenvalue weighted by Crippen LogP contribution is -2.10. The first-order valence-electron chi connectivity index (χ1n) is 4.55. The van der Waals surface area contributed by atoms with Gasteiger partial charge in [-0.15, -0.1) is 0 Å². The van der Waals surface area contributed by atoms with Crippen LogP contribution in [0.1, 0.15) is 10.4 Å². The zero-order valence-electron chi connectivity index (χ0n) is 8.95. The quantitative estimate of drug-likeness (QED) is 0.341. The van der Waals surface area contributed by atoms with Gasteiger partial charge in [0, 0.05) is 17.1 Å². The average molecular weight is 239 g/mol. The van der Waals surface area contributed by atoms with Gasteiger partial charge in [-0.1, -0.05) is 5.11 Å². The molecular formula is C9H13N5O3. The van der Waals surface area contributed by atoms with Crippen molar-refractivity contribution in [3.8, 4) is 5.75 Å². The molecule has 0 aromatic heterocycles. The Morgan fingerprint density at radius 2 is 2.12 bits per heavy atom. The number of aliphatic hydroxyl groups is 1. The Kier molecular flexibility index (Phi) is 6.88. The molecule has 92 valence electrons. The highest BCUT2D eigenvalue weighted by molar-refractivity contribution is 5.96. The lowest BCUT2D eigenvalue weighted by molar-refractivity contribution is 0.0998. The molecule has 8 nitrogen and oxygen atoms in total. The Morgan fingerprint density at radius 1 is 1.53 bits per heavy atom. The fraction of sp³-hybridized carbons (Fsp3) is 0.222. The van der Waals surface area contributed by atoms with E-state index in [2.05, 4.69) is 10.0 Å². The van der Waals surface area contributed by atoms with Crippen LogP contribution in [-0.2, 0) is 0 Å². The molecule has 6 N–H and O–H groups in total. The molecule has 0 spiro atoms. The molecule has 0 fully saturated rings. The maximum absolute atomic E-state index is 10.7. The van der Waals surface area contributed by atoms with Crippen molar-refractivity contribution in [2.24, 2.45) is 16.6 Å². The maximum atomic E-state index is 10.7. The standard InChI is InChI=1S/C7H6N4O2.C2H7NO/c8-7(13)5-3-4(10-11-9)1-2-6(5)12;3-1-2-4/h1-3,12H,(H2,8,13);4H,1-3H2. The van der Waals surface area contributed by atoms with Crippen LogP contribution in [0.4, 0.5) is 5.69 Å². The molecule has 0 bridgehead atoms. The predicted octanol–water partition coefficient (Wildman–Crippen LogP) is 0.370. The van der Waals surface area contributed by atoms with Gasteiger partial charge in [0.05, 0.1) is 12.2 Å². The highest BCUT2D eigenvalue weighted by Gasteiger charge is 2.06. The highest BCUT2D eigenvalue weighted by atomic mass is 16.3. The predicted molar refractivity (Wildman–Crippen MR) is 61.6 cm³/mol. The van der Waals surface area contributed by atoms with E-state index in [0.29, 0.717) is 6.54 Å². The van der Waals surface area contributed by atoms with E-state index in [4.69, 9.17) is 27.2 Å². The van der Waals surface area contributed by atoms with Crippen molar-refractivity contribution in [1.82, 2.24) is 0 Å². The first-order chi connectivity index (χ1) is 8.06. The number of nitrogens with two attached hydrogens (primary N) is 2. The van der Waals surface area contributed by atoms with Gasteiger partial charge in [-0.05, 0) is 23.7 Å². The number of aromatic hydroxyl groups is 1. The second-order valence-electron chi connectivity index (χ2n) is 2.77. The van der Waals surface area contributed by atoms with Crippen molar-refractivity contribution in [1.29, 1.82) is 0 Å². The van der Waals surface area contributed by atoms with Crippen LogP contribution in [-0.4, -0.2) is 29.3 Å². The summed E-state index contributed by atoms with van der Waals surface area (Å²) in [7, 11) is 0. The number of phenols is 1. The Morgan fingerprint density at radius 3 is 2.53 bits per heavy atom. The number of carbonyl (C=O) groups is 1. The summed E-state index contributed by atoms with van der Waals surface area (Å²) < 4.78 is 0. The van der Waals surface area contributed by atoms with Crippen LogP contribution >= 0.6 is 0 Å². The molecule has 0 radical (unpaired) electrons. The van der Waals surface area contributed by atoms with E-state index in [0.717, 1.165) is 0 Å². The Labute approximate surface area is 97.1 Å². The van der Waals surface area contributed by atoms with Gasteiger partial charge >= 0.3 is 0 Å². The number of carbonyl (C=O) groups excluding carboxylic acids is 1. The number of amides is 1. The van der Waals surface area contributed by atoms with E-state index < -0.39 is 5.91 Å².